The Morgan fingerprint density at radius 3 is 1.16 bits per heavy atom. The second kappa shape index (κ2) is 56.4. The van der Waals surface area contributed by atoms with E-state index >= 15 is 0 Å². The number of aryl methyl sites for hydroxylation is 1. The summed E-state index contributed by atoms with van der Waals surface area (Å²) in [7, 11) is 0. The molecule has 0 spiro atoms. The summed E-state index contributed by atoms with van der Waals surface area (Å²) in [6.45, 7) is 10.0. The minimum atomic E-state index is -0.918. The van der Waals surface area contributed by atoms with Gasteiger partial charge in [-0.2, -0.15) is 0 Å². The molecule has 0 unspecified atom stereocenters. The highest BCUT2D eigenvalue weighted by Gasteiger charge is 2.50. The number of hydrogen-bond donors (Lipinski definition) is 1. The van der Waals surface area contributed by atoms with Crippen molar-refractivity contribution in [2.45, 2.75) is 360 Å². The van der Waals surface area contributed by atoms with Gasteiger partial charge in [-0.15, -0.1) is 5.10 Å². The van der Waals surface area contributed by atoms with Crippen LogP contribution in [0.5, 0.6) is 0 Å². The largest absolute Gasteiger partial charge is 0.371 e. The van der Waals surface area contributed by atoms with Crippen LogP contribution in [0.3, 0.4) is 0 Å². The third kappa shape index (κ3) is 36.2. The number of unbranched alkanes of at least 4 members (excludes halogenated alkanes) is 34. The van der Waals surface area contributed by atoms with Crippen LogP contribution in [-0.2, 0) is 79.2 Å². The maximum atomic E-state index is 7.56. The topological polar surface area (TPSA) is 107 Å². The molecule has 2 heterocycles. The third-order valence-electron chi connectivity index (χ3n) is 21.7. The van der Waals surface area contributed by atoms with Gasteiger partial charge in [0.2, 0.25) is 0 Å². The van der Waals surface area contributed by atoms with Crippen molar-refractivity contribution >= 4 is 0 Å². The van der Waals surface area contributed by atoms with Gasteiger partial charge in [0.1, 0.15) is 36.2 Å². The fourth-order valence-corrected chi connectivity index (χ4v) is 15.3. The Kier molecular flexibility index (Phi) is 45.7. The van der Waals surface area contributed by atoms with Gasteiger partial charge in [0, 0.05) is 5.56 Å². The molecule has 1 saturated heterocycles. The minimum absolute atomic E-state index is 0.244. The third-order valence-corrected chi connectivity index (χ3v) is 21.7. The van der Waals surface area contributed by atoms with E-state index in [1.54, 1.807) is 0 Å². The van der Waals surface area contributed by atoms with Gasteiger partial charge in [0.25, 0.3) is 0 Å². The average Bonchev–Trinajstić information content (AvgIpc) is 1.55. The number of nitrogens with one attached hydrogen (secondary N) is 1. The number of hydrogen-bond acceptors (Lipinski definition) is 10. The van der Waals surface area contributed by atoms with Gasteiger partial charge >= 0.3 is 0 Å². The Hall–Kier alpha value is -5.86. The smallest absolute Gasteiger partial charge is 0.186 e. The lowest BCUT2D eigenvalue weighted by Gasteiger charge is -2.46. The van der Waals surface area contributed by atoms with E-state index in [1.807, 2.05) is 29.1 Å². The van der Waals surface area contributed by atoms with Gasteiger partial charge in [-0.25, -0.2) is 4.68 Å². The first kappa shape index (κ1) is 86.7. The van der Waals surface area contributed by atoms with E-state index < -0.39 is 36.8 Å². The summed E-state index contributed by atoms with van der Waals surface area (Å²) in [4.78, 5) is 0. The molecule has 7 aromatic rings. The fourth-order valence-electron chi connectivity index (χ4n) is 15.3. The van der Waals surface area contributed by atoms with Crippen LogP contribution in [0.15, 0.2) is 182 Å². The molecule has 0 bridgehead atoms. The lowest BCUT2D eigenvalue weighted by molar-refractivity contribution is -0.327. The Bertz CT molecular complexity index is 3180. The fraction of sp³-hybridized carbons (Fsp3) is 0.604. The van der Waals surface area contributed by atoms with Crippen molar-refractivity contribution in [1.29, 1.82) is 0 Å². The predicted molar refractivity (Wildman–Crippen MR) is 443 cm³/mol. The van der Waals surface area contributed by atoms with Gasteiger partial charge in [0.15, 0.2) is 6.29 Å². The number of rotatable bonds is 64. The second-order valence-corrected chi connectivity index (χ2v) is 30.9. The summed E-state index contributed by atoms with van der Waals surface area (Å²) in [6.07, 6.45) is 49.1. The Morgan fingerprint density at radius 2 is 0.738 bits per heavy atom. The molecular weight excluding hydrogens is 1320 g/mol. The van der Waals surface area contributed by atoms with Crippen LogP contribution < -0.4 is 5.32 Å². The first-order valence-corrected chi connectivity index (χ1v) is 43.3. The lowest BCUT2D eigenvalue weighted by atomic mass is 9.96. The SMILES string of the molecule is CCCCCCCCCCCCCCCCCCCCCCCCCCN[C@@H](CO[C@@H]1O[C@H](Cn2cc(-c3ccc(CCC)cc3)nn2)[C@H](OCc2ccccc2)[C@H](OCc2ccccc2)[C@H]1OCc1ccccc1)[C@H](OCc1ccccc1)[C@@H](CCCCCCCCCCCCCC)OCc1ccccc1. The first-order valence-electron chi connectivity index (χ1n) is 43.3. The van der Waals surface area contributed by atoms with E-state index in [4.69, 9.17) is 43.5 Å². The molecule has 1 aliphatic rings. The van der Waals surface area contributed by atoms with Crippen molar-refractivity contribution in [3.63, 3.8) is 0 Å². The summed E-state index contributed by atoms with van der Waals surface area (Å²) < 4.78 is 53.5. The monoisotopic (exact) mass is 1460 g/mol. The molecule has 6 aromatic carbocycles. The number of benzene rings is 6. The average molecular weight is 1460 g/mol. The van der Waals surface area contributed by atoms with Gasteiger partial charge in [-0.3, -0.25) is 0 Å². The zero-order chi connectivity index (χ0) is 74.3. The molecule has 1 fully saturated rings. The van der Waals surface area contributed by atoms with E-state index in [0.29, 0.717) is 39.6 Å². The lowest BCUT2D eigenvalue weighted by Crippen LogP contribution is -2.62. The van der Waals surface area contributed by atoms with Crippen molar-refractivity contribution in [3.05, 3.63) is 216 Å². The zero-order valence-electron chi connectivity index (χ0n) is 66.9. The quantitative estimate of drug-likeness (QED) is 0.0370. The molecule has 11 nitrogen and oxygen atoms in total. The number of ether oxygens (including phenoxy) is 7. The van der Waals surface area contributed by atoms with Crippen molar-refractivity contribution in [2.75, 3.05) is 13.2 Å². The molecule has 0 amide bonds. The molecule has 588 valence electrons. The van der Waals surface area contributed by atoms with Crippen LogP contribution in [0.4, 0.5) is 0 Å². The van der Waals surface area contributed by atoms with Gasteiger partial charge in [-0.05, 0) is 59.2 Å². The molecule has 8 atom stereocenters. The molecule has 0 saturated carbocycles. The zero-order valence-corrected chi connectivity index (χ0v) is 66.9. The van der Waals surface area contributed by atoms with Crippen LogP contribution in [-0.4, -0.2) is 77.1 Å². The summed E-state index contributed by atoms with van der Waals surface area (Å²) in [5.41, 5.74) is 8.49. The molecule has 0 aliphatic carbocycles. The van der Waals surface area contributed by atoms with Gasteiger partial charge in [0.05, 0.1) is 64.5 Å². The van der Waals surface area contributed by atoms with Crippen molar-refractivity contribution in [3.8, 4) is 11.3 Å². The standard InChI is InChI=1S/C96H142N4O7/c1-4-7-9-11-13-15-17-19-20-21-22-23-24-25-26-27-28-29-30-32-34-36-38-55-72-97-89(92(102-76-83-59-46-40-47-60-83)90(101-75-82-57-44-39-45-58-82)67-54-37-35-33-31-18-16-14-12-10-8-5-2)80-106-96-95(105-79-86-65-52-43-53-66-86)94(104-78-85-63-50-42-51-64-85)93(103-77-84-61-48-41-49-62-84)91(107-96)74-100-73-88(98-99-100)87-70-68-81(56-6-3)69-71-87/h39-53,57-66,68-71,73,89-97H,4-38,54-56,67,72,74-80H2,1-3H3/t89-,90+,91+,92-,93-,94-,95+,96+/m0/s1. The highest BCUT2D eigenvalue weighted by atomic mass is 16.7. The van der Waals surface area contributed by atoms with Gasteiger partial charge in [-0.1, -0.05) is 433 Å². The summed E-state index contributed by atoms with van der Waals surface area (Å²) in [5, 5.41) is 13.7. The second-order valence-electron chi connectivity index (χ2n) is 30.9. The predicted octanol–water partition coefficient (Wildman–Crippen LogP) is 25.0. The molecule has 1 aliphatic heterocycles. The molecule has 0 radical (unpaired) electrons. The van der Waals surface area contributed by atoms with Crippen molar-refractivity contribution in [2.24, 2.45) is 0 Å². The maximum absolute atomic E-state index is 7.56. The summed E-state index contributed by atoms with van der Waals surface area (Å²) in [5.74, 6) is 0. The van der Waals surface area contributed by atoms with Gasteiger partial charge < -0.3 is 38.5 Å². The normalized spacial score (nSPS) is 16.8. The van der Waals surface area contributed by atoms with E-state index in [-0.39, 0.29) is 18.8 Å². The number of aromatic nitrogens is 3. The first-order chi connectivity index (χ1) is 53.1. The van der Waals surface area contributed by atoms with Crippen molar-refractivity contribution < 1.29 is 33.2 Å². The molecule has 107 heavy (non-hydrogen) atoms. The van der Waals surface area contributed by atoms with Crippen LogP contribution >= 0.6 is 0 Å². The van der Waals surface area contributed by atoms with Crippen LogP contribution in [0, 0.1) is 0 Å². The molecule has 1 aromatic heterocycles. The Morgan fingerprint density at radius 1 is 0.364 bits per heavy atom. The summed E-state index contributed by atoms with van der Waals surface area (Å²) >= 11 is 0. The minimum Gasteiger partial charge on any atom is -0.371 e. The molecule has 8 rings (SSSR count). The highest BCUT2D eigenvalue weighted by Crippen LogP contribution is 2.34. The van der Waals surface area contributed by atoms with Crippen LogP contribution in [0.1, 0.15) is 298 Å². The van der Waals surface area contributed by atoms with E-state index in [2.05, 4.69) is 184 Å². The molecular formula is C96H142N4O7. The number of nitrogens with zero attached hydrogens (tertiary/aromatic N) is 3. The van der Waals surface area contributed by atoms with E-state index in [9.17, 15) is 0 Å². The van der Waals surface area contributed by atoms with E-state index in [0.717, 1.165) is 90.6 Å². The maximum Gasteiger partial charge on any atom is 0.186 e. The van der Waals surface area contributed by atoms with Crippen molar-refractivity contribution in [1.82, 2.24) is 20.3 Å². The Labute approximate surface area is 649 Å². The Balaban J connectivity index is 1.01. The highest BCUT2D eigenvalue weighted by molar-refractivity contribution is 5.58. The molecule has 11 heteroatoms. The van der Waals surface area contributed by atoms with Crippen LogP contribution in [0.2, 0.25) is 0 Å². The summed E-state index contributed by atoms with van der Waals surface area (Å²) in [6, 6.07) is 60.8. The van der Waals surface area contributed by atoms with E-state index in [1.165, 1.54) is 211 Å². The van der Waals surface area contributed by atoms with Crippen LogP contribution in [0.25, 0.3) is 11.3 Å². The molecule has 1 N–H and O–H groups in total.